The molecule has 1 rings (SSSR count). The molecule has 0 bridgehead atoms. The Kier molecular flexibility index (Phi) is 5.36. The lowest BCUT2D eigenvalue weighted by molar-refractivity contribution is -0.119. The molecule has 0 fully saturated rings. The van der Waals surface area contributed by atoms with Crippen LogP contribution >= 0.6 is 0 Å². The van der Waals surface area contributed by atoms with Crippen LogP contribution in [0.4, 0.5) is 5.69 Å². The summed E-state index contributed by atoms with van der Waals surface area (Å²) in [7, 11) is 0. The summed E-state index contributed by atoms with van der Waals surface area (Å²) in [6.45, 7) is 5.92. The number of hydrogen-bond acceptors (Lipinski definition) is 3. The van der Waals surface area contributed by atoms with Crippen molar-refractivity contribution in [3.8, 4) is 0 Å². The normalized spacial score (nSPS) is 11.7. The Labute approximate surface area is 107 Å². The molecule has 4 nitrogen and oxygen atoms in total. The van der Waals surface area contributed by atoms with Gasteiger partial charge in [-0.1, -0.05) is 19.9 Å². The van der Waals surface area contributed by atoms with Crippen molar-refractivity contribution >= 4 is 17.6 Å². The van der Waals surface area contributed by atoms with E-state index in [2.05, 4.69) is 5.32 Å². The maximum Gasteiger partial charge on any atom is 0.338 e. The first-order valence-corrected chi connectivity index (χ1v) is 6.16. The number of hydrogen-bond donors (Lipinski definition) is 1. The third kappa shape index (κ3) is 3.87. The molecule has 0 saturated carbocycles. The van der Waals surface area contributed by atoms with E-state index in [0.29, 0.717) is 17.9 Å². The van der Waals surface area contributed by atoms with Gasteiger partial charge < -0.3 is 10.1 Å². The number of carbonyl (C=O) groups is 2. The van der Waals surface area contributed by atoms with Crippen LogP contribution in [-0.4, -0.2) is 18.5 Å². The third-order valence-electron chi connectivity index (χ3n) is 2.70. The molecular formula is C14H19NO3. The van der Waals surface area contributed by atoms with Crippen molar-refractivity contribution in [2.24, 2.45) is 5.92 Å². The minimum absolute atomic E-state index is 0.0430. The monoisotopic (exact) mass is 249 g/mol. The molecule has 1 unspecified atom stereocenters. The highest BCUT2D eigenvalue weighted by molar-refractivity contribution is 5.95. The zero-order valence-corrected chi connectivity index (χ0v) is 11.0. The average Bonchev–Trinajstić information content (AvgIpc) is 2.38. The van der Waals surface area contributed by atoms with Gasteiger partial charge in [0.1, 0.15) is 0 Å². The van der Waals surface area contributed by atoms with Crippen LogP contribution in [0.2, 0.25) is 0 Å². The Bertz CT molecular complexity index is 429. The average molecular weight is 249 g/mol. The molecule has 0 saturated heterocycles. The smallest absolute Gasteiger partial charge is 0.338 e. The van der Waals surface area contributed by atoms with Gasteiger partial charge >= 0.3 is 5.97 Å². The maximum absolute atomic E-state index is 11.7. The lowest BCUT2D eigenvalue weighted by atomic mass is 10.1. The largest absolute Gasteiger partial charge is 0.462 e. The summed E-state index contributed by atoms with van der Waals surface area (Å²) >= 11 is 0. The van der Waals surface area contributed by atoms with Crippen LogP contribution in [0.25, 0.3) is 0 Å². The summed E-state index contributed by atoms with van der Waals surface area (Å²) in [5.74, 6) is -0.466. The predicted octanol–water partition coefficient (Wildman–Crippen LogP) is 2.85. The van der Waals surface area contributed by atoms with Crippen molar-refractivity contribution in [2.75, 3.05) is 11.9 Å². The first-order valence-electron chi connectivity index (χ1n) is 6.16. The number of benzene rings is 1. The molecule has 1 amide bonds. The number of esters is 1. The zero-order chi connectivity index (χ0) is 13.5. The van der Waals surface area contributed by atoms with Crippen molar-refractivity contribution in [3.05, 3.63) is 29.8 Å². The highest BCUT2D eigenvalue weighted by Crippen LogP contribution is 2.13. The van der Waals surface area contributed by atoms with Gasteiger partial charge in [0.25, 0.3) is 0 Å². The minimum atomic E-state index is -0.378. The van der Waals surface area contributed by atoms with Crippen LogP contribution < -0.4 is 5.32 Å². The van der Waals surface area contributed by atoms with Crippen LogP contribution in [0.3, 0.4) is 0 Å². The van der Waals surface area contributed by atoms with Gasteiger partial charge in [0.2, 0.25) is 5.91 Å². The van der Waals surface area contributed by atoms with Crippen LogP contribution in [0.1, 0.15) is 37.6 Å². The molecular weight excluding hydrogens is 230 g/mol. The third-order valence-corrected chi connectivity index (χ3v) is 2.70. The van der Waals surface area contributed by atoms with Crippen molar-refractivity contribution in [2.45, 2.75) is 27.2 Å². The number of ether oxygens (including phenoxy) is 1. The fourth-order valence-corrected chi connectivity index (χ4v) is 1.39. The van der Waals surface area contributed by atoms with Crippen molar-refractivity contribution in [3.63, 3.8) is 0 Å². The molecule has 98 valence electrons. The molecule has 0 aliphatic carbocycles. The highest BCUT2D eigenvalue weighted by Gasteiger charge is 2.12. The summed E-state index contributed by atoms with van der Waals surface area (Å²) in [6, 6.07) is 6.76. The molecule has 0 radical (unpaired) electrons. The predicted molar refractivity (Wildman–Crippen MR) is 70.5 cm³/mol. The van der Waals surface area contributed by atoms with E-state index in [1.807, 2.05) is 13.8 Å². The Balaban J connectivity index is 2.76. The number of rotatable bonds is 5. The van der Waals surface area contributed by atoms with Gasteiger partial charge in [-0.05, 0) is 31.5 Å². The van der Waals surface area contributed by atoms with Gasteiger partial charge in [-0.25, -0.2) is 4.79 Å². The number of amides is 1. The Morgan fingerprint density at radius 2 is 2.06 bits per heavy atom. The molecule has 0 aliphatic rings. The van der Waals surface area contributed by atoms with Crippen LogP contribution in [0, 0.1) is 5.92 Å². The Morgan fingerprint density at radius 1 is 1.33 bits per heavy atom. The first-order chi connectivity index (χ1) is 8.58. The number of anilines is 1. The minimum Gasteiger partial charge on any atom is -0.462 e. The van der Waals surface area contributed by atoms with E-state index in [9.17, 15) is 9.59 Å². The first kappa shape index (κ1) is 14.2. The molecule has 1 aromatic carbocycles. The second kappa shape index (κ2) is 6.79. The summed E-state index contributed by atoms with van der Waals surface area (Å²) in [6.07, 6.45) is 0.781. The molecule has 4 heteroatoms. The molecule has 0 aromatic heterocycles. The van der Waals surface area contributed by atoms with Crippen LogP contribution in [0.5, 0.6) is 0 Å². The Morgan fingerprint density at radius 3 is 2.67 bits per heavy atom. The summed E-state index contributed by atoms with van der Waals surface area (Å²) in [4.78, 5) is 23.3. The van der Waals surface area contributed by atoms with Crippen molar-refractivity contribution in [1.82, 2.24) is 0 Å². The topological polar surface area (TPSA) is 55.4 Å². The highest BCUT2D eigenvalue weighted by atomic mass is 16.5. The van der Waals surface area contributed by atoms with Gasteiger partial charge in [-0.2, -0.15) is 0 Å². The number of carbonyl (C=O) groups excluding carboxylic acids is 2. The molecule has 0 spiro atoms. The molecule has 1 atom stereocenters. The SMILES string of the molecule is CCOC(=O)c1cccc(NC(=O)C(C)CC)c1. The van der Waals surface area contributed by atoms with Crippen LogP contribution in [0.15, 0.2) is 24.3 Å². The van der Waals surface area contributed by atoms with Crippen molar-refractivity contribution in [1.29, 1.82) is 0 Å². The van der Waals surface area contributed by atoms with E-state index in [4.69, 9.17) is 4.74 Å². The maximum atomic E-state index is 11.7. The lowest BCUT2D eigenvalue weighted by Crippen LogP contribution is -2.19. The second-order valence-electron chi connectivity index (χ2n) is 4.10. The quantitative estimate of drug-likeness (QED) is 0.816. The van der Waals surface area contributed by atoms with E-state index >= 15 is 0 Å². The van der Waals surface area contributed by atoms with Gasteiger partial charge in [0, 0.05) is 11.6 Å². The summed E-state index contributed by atoms with van der Waals surface area (Å²) in [5.41, 5.74) is 1.06. The van der Waals surface area contributed by atoms with E-state index < -0.39 is 0 Å². The van der Waals surface area contributed by atoms with E-state index in [1.54, 1.807) is 31.2 Å². The fraction of sp³-hybridized carbons (Fsp3) is 0.429. The lowest BCUT2D eigenvalue weighted by Gasteiger charge is -2.10. The van der Waals surface area contributed by atoms with Gasteiger partial charge in [-0.15, -0.1) is 0 Å². The zero-order valence-electron chi connectivity index (χ0n) is 11.0. The molecule has 1 N–H and O–H groups in total. The van der Waals surface area contributed by atoms with E-state index in [1.165, 1.54) is 0 Å². The summed E-state index contributed by atoms with van der Waals surface area (Å²) in [5, 5.41) is 2.78. The molecule has 18 heavy (non-hydrogen) atoms. The van der Waals surface area contributed by atoms with E-state index in [-0.39, 0.29) is 17.8 Å². The van der Waals surface area contributed by atoms with Gasteiger partial charge in [0.05, 0.1) is 12.2 Å². The fourth-order valence-electron chi connectivity index (χ4n) is 1.39. The van der Waals surface area contributed by atoms with Gasteiger partial charge in [0.15, 0.2) is 0 Å². The van der Waals surface area contributed by atoms with E-state index in [0.717, 1.165) is 6.42 Å². The van der Waals surface area contributed by atoms with Crippen molar-refractivity contribution < 1.29 is 14.3 Å². The molecule has 1 aromatic rings. The Hall–Kier alpha value is -1.84. The molecule has 0 heterocycles. The second-order valence-corrected chi connectivity index (χ2v) is 4.10. The standard InChI is InChI=1S/C14H19NO3/c1-4-10(3)13(16)15-12-8-6-7-11(9-12)14(17)18-5-2/h6-10H,4-5H2,1-3H3,(H,15,16). The van der Waals surface area contributed by atoms with Crippen LogP contribution in [-0.2, 0) is 9.53 Å². The summed E-state index contributed by atoms with van der Waals surface area (Å²) < 4.78 is 4.90. The van der Waals surface area contributed by atoms with Gasteiger partial charge in [-0.3, -0.25) is 4.79 Å². The number of nitrogens with one attached hydrogen (secondary N) is 1. The molecule has 0 aliphatic heterocycles.